The van der Waals surface area contributed by atoms with Crippen LogP contribution in [0.15, 0.2) is 24.3 Å². The maximum absolute atomic E-state index is 5.76. The molecule has 2 nitrogen and oxygen atoms in total. The van der Waals surface area contributed by atoms with Gasteiger partial charge in [-0.1, -0.05) is 18.2 Å². The SMILES string of the molecule is C#CCC(NC)C1COc2ccccc2C1. The van der Waals surface area contributed by atoms with E-state index in [0.29, 0.717) is 12.0 Å². The highest BCUT2D eigenvalue weighted by Gasteiger charge is 2.25. The fourth-order valence-corrected chi connectivity index (χ4v) is 2.24. The van der Waals surface area contributed by atoms with Crippen molar-refractivity contribution in [2.75, 3.05) is 13.7 Å². The average molecular weight is 215 g/mol. The molecule has 1 aromatic rings. The van der Waals surface area contributed by atoms with Crippen LogP contribution in [0.5, 0.6) is 5.75 Å². The highest BCUT2D eigenvalue weighted by Crippen LogP contribution is 2.28. The van der Waals surface area contributed by atoms with Crippen molar-refractivity contribution in [2.45, 2.75) is 18.9 Å². The lowest BCUT2D eigenvalue weighted by molar-refractivity contribution is 0.189. The van der Waals surface area contributed by atoms with Crippen molar-refractivity contribution in [1.29, 1.82) is 0 Å². The zero-order valence-corrected chi connectivity index (χ0v) is 9.57. The van der Waals surface area contributed by atoms with Crippen LogP contribution in [-0.2, 0) is 6.42 Å². The monoisotopic (exact) mass is 215 g/mol. The van der Waals surface area contributed by atoms with Gasteiger partial charge in [0, 0.05) is 18.4 Å². The van der Waals surface area contributed by atoms with Gasteiger partial charge in [-0.15, -0.1) is 12.3 Å². The van der Waals surface area contributed by atoms with Gasteiger partial charge in [0.25, 0.3) is 0 Å². The molecule has 2 unspecified atom stereocenters. The maximum Gasteiger partial charge on any atom is 0.122 e. The molecule has 1 N–H and O–H groups in total. The lowest BCUT2D eigenvalue weighted by Gasteiger charge is -2.30. The van der Waals surface area contributed by atoms with Crippen LogP contribution in [0.2, 0.25) is 0 Å². The largest absolute Gasteiger partial charge is 0.493 e. The van der Waals surface area contributed by atoms with E-state index in [2.05, 4.69) is 23.4 Å². The molecular formula is C14H17NO. The standard InChI is InChI=1S/C14H17NO/c1-3-6-13(15-2)12-9-11-7-4-5-8-14(11)16-10-12/h1,4-5,7-8,12-13,15H,6,9-10H2,2H3. The van der Waals surface area contributed by atoms with E-state index in [1.54, 1.807) is 0 Å². The predicted molar refractivity (Wildman–Crippen MR) is 65.4 cm³/mol. The van der Waals surface area contributed by atoms with Crippen LogP contribution in [0.4, 0.5) is 0 Å². The molecule has 0 aromatic heterocycles. The second-order valence-corrected chi connectivity index (χ2v) is 4.19. The molecule has 0 saturated heterocycles. The third kappa shape index (κ3) is 2.20. The first-order chi connectivity index (χ1) is 7.85. The summed E-state index contributed by atoms with van der Waals surface area (Å²) in [5.41, 5.74) is 1.29. The second kappa shape index (κ2) is 5.05. The zero-order chi connectivity index (χ0) is 11.4. The average Bonchev–Trinajstić information content (AvgIpc) is 2.35. The van der Waals surface area contributed by atoms with Crippen LogP contribution in [0.1, 0.15) is 12.0 Å². The second-order valence-electron chi connectivity index (χ2n) is 4.19. The molecule has 2 atom stereocenters. The molecule has 0 fully saturated rings. The van der Waals surface area contributed by atoms with Crippen molar-refractivity contribution in [3.63, 3.8) is 0 Å². The van der Waals surface area contributed by atoms with Crippen molar-refractivity contribution in [3.8, 4) is 18.1 Å². The first-order valence-electron chi connectivity index (χ1n) is 5.66. The van der Waals surface area contributed by atoms with Gasteiger partial charge in [-0.05, 0) is 25.1 Å². The zero-order valence-electron chi connectivity index (χ0n) is 9.57. The Hall–Kier alpha value is -1.46. The number of fused-ring (bicyclic) bond motifs is 1. The van der Waals surface area contributed by atoms with Gasteiger partial charge in [0.05, 0.1) is 6.61 Å². The van der Waals surface area contributed by atoms with Crippen LogP contribution in [-0.4, -0.2) is 19.7 Å². The minimum atomic E-state index is 0.346. The van der Waals surface area contributed by atoms with E-state index in [-0.39, 0.29) is 0 Å². The van der Waals surface area contributed by atoms with Gasteiger partial charge < -0.3 is 10.1 Å². The molecule has 0 radical (unpaired) electrons. The predicted octanol–water partition coefficient (Wildman–Crippen LogP) is 1.85. The lowest BCUT2D eigenvalue weighted by atomic mass is 9.89. The summed E-state index contributed by atoms with van der Waals surface area (Å²) in [5.74, 6) is 4.21. The first-order valence-corrected chi connectivity index (χ1v) is 5.66. The molecule has 1 aromatic carbocycles. The van der Waals surface area contributed by atoms with Gasteiger partial charge in [0.15, 0.2) is 0 Å². The number of ether oxygens (including phenoxy) is 1. The molecule has 2 heteroatoms. The summed E-state index contributed by atoms with van der Waals surface area (Å²) in [6.07, 6.45) is 7.18. The number of rotatable bonds is 3. The van der Waals surface area contributed by atoms with Crippen molar-refractivity contribution >= 4 is 0 Å². The number of terminal acetylenes is 1. The summed E-state index contributed by atoms with van der Waals surface area (Å²) >= 11 is 0. The smallest absolute Gasteiger partial charge is 0.122 e. The third-order valence-corrected chi connectivity index (χ3v) is 3.19. The van der Waals surface area contributed by atoms with Crippen molar-refractivity contribution in [2.24, 2.45) is 5.92 Å². The van der Waals surface area contributed by atoms with Crippen LogP contribution in [0, 0.1) is 18.3 Å². The summed E-state index contributed by atoms with van der Waals surface area (Å²) in [4.78, 5) is 0. The van der Waals surface area contributed by atoms with E-state index in [1.165, 1.54) is 5.56 Å². The fourth-order valence-electron chi connectivity index (χ4n) is 2.24. The van der Waals surface area contributed by atoms with Gasteiger partial charge in [0.1, 0.15) is 5.75 Å². The fraction of sp³-hybridized carbons (Fsp3) is 0.429. The number of hydrogen-bond acceptors (Lipinski definition) is 2. The number of para-hydroxylation sites is 1. The Labute approximate surface area is 97.0 Å². The van der Waals surface area contributed by atoms with Crippen LogP contribution in [0.25, 0.3) is 0 Å². The first kappa shape index (κ1) is 11.0. The van der Waals surface area contributed by atoms with Gasteiger partial charge in [-0.2, -0.15) is 0 Å². The molecule has 2 rings (SSSR count). The Morgan fingerprint density at radius 3 is 3.12 bits per heavy atom. The molecule has 1 aliphatic heterocycles. The Morgan fingerprint density at radius 2 is 2.38 bits per heavy atom. The van der Waals surface area contributed by atoms with E-state index in [4.69, 9.17) is 11.2 Å². The summed E-state index contributed by atoms with van der Waals surface area (Å²) < 4.78 is 5.76. The molecule has 84 valence electrons. The Bertz CT molecular complexity index is 394. The molecular weight excluding hydrogens is 198 g/mol. The molecule has 1 heterocycles. The third-order valence-electron chi connectivity index (χ3n) is 3.19. The quantitative estimate of drug-likeness (QED) is 0.777. The molecule has 0 aliphatic carbocycles. The molecule has 0 saturated carbocycles. The van der Waals surface area contributed by atoms with Crippen LogP contribution >= 0.6 is 0 Å². The van der Waals surface area contributed by atoms with Crippen LogP contribution < -0.4 is 10.1 Å². The van der Waals surface area contributed by atoms with Gasteiger partial charge in [-0.3, -0.25) is 0 Å². The van der Waals surface area contributed by atoms with E-state index in [9.17, 15) is 0 Å². The molecule has 1 aliphatic rings. The summed E-state index contributed by atoms with van der Waals surface area (Å²) in [5, 5.41) is 3.28. The normalized spacial score (nSPS) is 20.4. The lowest BCUT2D eigenvalue weighted by Crippen LogP contribution is -2.39. The van der Waals surface area contributed by atoms with Crippen LogP contribution in [0.3, 0.4) is 0 Å². The van der Waals surface area contributed by atoms with Crippen molar-refractivity contribution in [1.82, 2.24) is 5.32 Å². The molecule has 0 bridgehead atoms. The van der Waals surface area contributed by atoms with E-state index >= 15 is 0 Å². The van der Waals surface area contributed by atoms with Gasteiger partial charge in [0.2, 0.25) is 0 Å². The topological polar surface area (TPSA) is 21.3 Å². The van der Waals surface area contributed by atoms with E-state index in [0.717, 1.165) is 25.2 Å². The Kier molecular flexibility index (Phi) is 3.48. The summed E-state index contributed by atoms with van der Waals surface area (Å²) in [6, 6.07) is 8.57. The summed E-state index contributed by atoms with van der Waals surface area (Å²) in [7, 11) is 1.96. The molecule has 16 heavy (non-hydrogen) atoms. The van der Waals surface area contributed by atoms with Crippen molar-refractivity contribution in [3.05, 3.63) is 29.8 Å². The maximum atomic E-state index is 5.76. The highest BCUT2D eigenvalue weighted by atomic mass is 16.5. The minimum Gasteiger partial charge on any atom is -0.493 e. The highest BCUT2D eigenvalue weighted by molar-refractivity contribution is 5.35. The number of nitrogens with one attached hydrogen (secondary N) is 1. The van der Waals surface area contributed by atoms with E-state index in [1.807, 2.05) is 19.2 Å². The Balaban J connectivity index is 2.10. The number of benzene rings is 1. The van der Waals surface area contributed by atoms with Crippen molar-refractivity contribution < 1.29 is 4.74 Å². The van der Waals surface area contributed by atoms with Gasteiger partial charge in [-0.25, -0.2) is 0 Å². The Morgan fingerprint density at radius 1 is 1.56 bits per heavy atom. The molecule has 0 spiro atoms. The van der Waals surface area contributed by atoms with E-state index < -0.39 is 0 Å². The summed E-state index contributed by atoms with van der Waals surface area (Å²) in [6.45, 7) is 0.754. The minimum absolute atomic E-state index is 0.346. The van der Waals surface area contributed by atoms with Gasteiger partial charge >= 0.3 is 0 Å². The number of hydrogen-bond donors (Lipinski definition) is 1. The molecule has 0 amide bonds.